The lowest BCUT2D eigenvalue weighted by molar-refractivity contribution is 0.480. The van der Waals surface area contributed by atoms with Crippen LogP contribution in [0.1, 0.15) is 36.8 Å². The lowest BCUT2D eigenvalue weighted by atomic mass is 9.99. The predicted molar refractivity (Wildman–Crippen MR) is 62.5 cm³/mol. The quantitative estimate of drug-likeness (QED) is 0.742. The van der Waals surface area contributed by atoms with Gasteiger partial charge in [-0.3, -0.25) is 0 Å². The molecule has 1 heteroatoms. The SMILES string of the molecule is Cc1cccc(C2(N)C3CCCCC32)c1. The number of hydrogen-bond donors (Lipinski definition) is 1. The number of nitrogens with two attached hydrogens (primary N) is 1. The van der Waals surface area contributed by atoms with Gasteiger partial charge in [0.05, 0.1) is 0 Å². The van der Waals surface area contributed by atoms with Gasteiger partial charge in [-0.25, -0.2) is 0 Å². The Kier molecular flexibility index (Phi) is 1.93. The summed E-state index contributed by atoms with van der Waals surface area (Å²) in [5.74, 6) is 1.54. The van der Waals surface area contributed by atoms with Crippen LogP contribution in [0.25, 0.3) is 0 Å². The van der Waals surface area contributed by atoms with Crippen LogP contribution in [0.4, 0.5) is 0 Å². The number of benzene rings is 1. The molecule has 1 aromatic rings. The monoisotopic (exact) mass is 201 g/mol. The molecule has 2 aliphatic rings. The van der Waals surface area contributed by atoms with E-state index in [1.165, 1.54) is 36.8 Å². The largest absolute Gasteiger partial charge is 0.321 e. The maximum absolute atomic E-state index is 6.59. The Morgan fingerprint density at radius 1 is 1.20 bits per heavy atom. The molecule has 2 N–H and O–H groups in total. The van der Waals surface area contributed by atoms with Crippen molar-refractivity contribution in [3.8, 4) is 0 Å². The third kappa shape index (κ3) is 1.26. The zero-order valence-electron chi connectivity index (χ0n) is 9.37. The molecule has 2 aliphatic carbocycles. The highest BCUT2D eigenvalue weighted by molar-refractivity contribution is 5.37. The first-order valence-corrected chi connectivity index (χ1v) is 6.09. The minimum Gasteiger partial charge on any atom is -0.321 e. The molecule has 0 saturated heterocycles. The van der Waals surface area contributed by atoms with Gasteiger partial charge in [0.25, 0.3) is 0 Å². The summed E-state index contributed by atoms with van der Waals surface area (Å²) < 4.78 is 0. The zero-order chi connectivity index (χ0) is 10.5. The maximum Gasteiger partial charge on any atom is 0.0473 e. The first-order chi connectivity index (χ1) is 7.23. The van der Waals surface area contributed by atoms with E-state index in [0.29, 0.717) is 0 Å². The molecule has 0 aliphatic heterocycles. The number of aryl methyl sites for hydroxylation is 1. The average Bonchev–Trinajstić information content (AvgIpc) is 2.87. The van der Waals surface area contributed by atoms with E-state index in [1.807, 2.05) is 0 Å². The highest BCUT2D eigenvalue weighted by atomic mass is 14.9. The van der Waals surface area contributed by atoms with Crippen molar-refractivity contribution >= 4 is 0 Å². The maximum atomic E-state index is 6.59. The number of hydrogen-bond acceptors (Lipinski definition) is 1. The predicted octanol–water partition coefficient (Wildman–Crippen LogP) is 2.97. The van der Waals surface area contributed by atoms with Gasteiger partial charge in [0.15, 0.2) is 0 Å². The van der Waals surface area contributed by atoms with Crippen molar-refractivity contribution in [2.24, 2.45) is 17.6 Å². The molecular weight excluding hydrogens is 182 g/mol. The number of fused-ring (bicyclic) bond motifs is 1. The molecule has 2 fully saturated rings. The Bertz CT molecular complexity index is 371. The van der Waals surface area contributed by atoms with Gasteiger partial charge < -0.3 is 5.73 Å². The van der Waals surface area contributed by atoms with E-state index in [9.17, 15) is 0 Å². The van der Waals surface area contributed by atoms with Crippen LogP contribution in [0.15, 0.2) is 24.3 Å². The van der Waals surface area contributed by atoms with Gasteiger partial charge in [-0.15, -0.1) is 0 Å². The fourth-order valence-corrected chi connectivity index (χ4v) is 3.51. The van der Waals surface area contributed by atoms with Crippen LogP contribution in [0.2, 0.25) is 0 Å². The van der Waals surface area contributed by atoms with E-state index in [-0.39, 0.29) is 5.54 Å². The summed E-state index contributed by atoms with van der Waals surface area (Å²) in [5.41, 5.74) is 9.33. The van der Waals surface area contributed by atoms with E-state index < -0.39 is 0 Å². The smallest absolute Gasteiger partial charge is 0.0473 e. The van der Waals surface area contributed by atoms with Gasteiger partial charge in [0, 0.05) is 5.54 Å². The van der Waals surface area contributed by atoms with Crippen LogP contribution in [0, 0.1) is 18.8 Å². The van der Waals surface area contributed by atoms with E-state index in [2.05, 4.69) is 31.2 Å². The molecule has 1 nitrogen and oxygen atoms in total. The van der Waals surface area contributed by atoms with Crippen LogP contribution in [-0.2, 0) is 5.54 Å². The Hall–Kier alpha value is -0.820. The molecule has 0 amide bonds. The van der Waals surface area contributed by atoms with E-state index >= 15 is 0 Å². The Morgan fingerprint density at radius 2 is 1.87 bits per heavy atom. The van der Waals surface area contributed by atoms with Crippen molar-refractivity contribution in [3.63, 3.8) is 0 Å². The molecule has 3 rings (SSSR count). The lowest BCUT2D eigenvalue weighted by Crippen LogP contribution is -2.23. The zero-order valence-corrected chi connectivity index (χ0v) is 9.37. The number of rotatable bonds is 1. The highest BCUT2D eigenvalue weighted by Crippen LogP contribution is 2.62. The minimum absolute atomic E-state index is 0.0303. The van der Waals surface area contributed by atoms with Gasteiger partial charge in [0.1, 0.15) is 0 Å². The third-order valence-corrected chi connectivity index (χ3v) is 4.40. The van der Waals surface area contributed by atoms with Crippen molar-refractivity contribution in [1.82, 2.24) is 0 Å². The molecule has 2 saturated carbocycles. The molecule has 2 atom stereocenters. The Balaban J connectivity index is 1.94. The first kappa shape index (κ1) is 9.41. The molecule has 0 heterocycles. The molecule has 1 aromatic carbocycles. The van der Waals surface area contributed by atoms with Gasteiger partial charge >= 0.3 is 0 Å². The Morgan fingerprint density at radius 3 is 2.47 bits per heavy atom. The summed E-state index contributed by atoms with van der Waals surface area (Å²) in [4.78, 5) is 0. The van der Waals surface area contributed by atoms with Gasteiger partial charge in [0.2, 0.25) is 0 Å². The summed E-state index contributed by atoms with van der Waals surface area (Å²) in [6.45, 7) is 2.15. The van der Waals surface area contributed by atoms with Crippen molar-refractivity contribution < 1.29 is 0 Å². The fourth-order valence-electron chi connectivity index (χ4n) is 3.51. The second-order valence-corrected chi connectivity index (χ2v) is 5.30. The normalized spacial score (nSPS) is 38.5. The summed E-state index contributed by atoms with van der Waals surface area (Å²) in [7, 11) is 0. The molecule has 80 valence electrons. The van der Waals surface area contributed by atoms with Gasteiger partial charge in [-0.05, 0) is 37.2 Å². The molecule has 0 aromatic heterocycles. The molecule has 15 heavy (non-hydrogen) atoms. The van der Waals surface area contributed by atoms with Crippen LogP contribution in [0.3, 0.4) is 0 Å². The van der Waals surface area contributed by atoms with Crippen molar-refractivity contribution in [1.29, 1.82) is 0 Å². The third-order valence-electron chi connectivity index (χ3n) is 4.40. The lowest BCUT2D eigenvalue weighted by Gasteiger charge is -2.12. The highest BCUT2D eigenvalue weighted by Gasteiger charge is 2.62. The van der Waals surface area contributed by atoms with E-state index in [1.54, 1.807) is 0 Å². The fraction of sp³-hybridized carbons (Fsp3) is 0.571. The second kappa shape index (κ2) is 3.08. The van der Waals surface area contributed by atoms with Gasteiger partial charge in [-0.1, -0.05) is 42.7 Å². The molecule has 2 unspecified atom stereocenters. The van der Waals surface area contributed by atoms with Crippen molar-refractivity contribution in [2.75, 3.05) is 0 Å². The van der Waals surface area contributed by atoms with Crippen LogP contribution in [-0.4, -0.2) is 0 Å². The van der Waals surface area contributed by atoms with Crippen molar-refractivity contribution in [3.05, 3.63) is 35.4 Å². The molecular formula is C14H19N. The van der Waals surface area contributed by atoms with E-state index in [0.717, 1.165) is 11.8 Å². The molecule has 0 bridgehead atoms. The molecule has 0 spiro atoms. The van der Waals surface area contributed by atoms with Crippen LogP contribution in [0.5, 0.6) is 0 Å². The van der Waals surface area contributed by atoms with E-state index in [4.69, 9.17) is 5.73 Å². The summed E-state index contributed by atoms with van der Waals surface area (Å²) in [6.07, 6.45) is 5.45. The minimum atomic E-state index is 0.0303. The summed E-state index contributed by atoms with van der Waals surface area (Å²) in [6, 6.07) is 8.78. The van der Waals surface area contributed by atoms with Crippen molar-refractivity contribution in [2.45, 2.75) is 38.1 Å². The van der Waals surface area contributed by atoms with Gasteiger partial charge in [-0.2, -0.15) is 0 Å². The summed E-state index contributed by atoms with van der Waals surface area (Å²) in [5, 5.41) is 0. The standard InChI is InChI=1S/C14H19N/c1-10-5-4-6-11(9-10)14(15)12-7-2-3-8-13(12)14/h4-6,9,12-13H,2-3,7-8,15H2,1H3. The van der Waals surface area contributed by atoms with Crippen LogP contribution >= 0.6 is 0 Å². The second-order valence-electron chi connectivity index (χ2n) is 5.30. The van der Waals surface area contributed by atoms with Crippen LogP contribution < -0.4 is 5.73 Å². The summed E-state index contributed by atoms with van der Waals surface area (Å²) >= 11 is 0. The average molecular weight is 201 g/mol. The first-order valence-electron chi connectivity index (χ1n) is 6.09. The molecule has 0 radical (unpaired) electrons. The Labute approximate surface area is 91.7 Å². The topological polar surface area (TPSA) is 26.0 Å².